The molecule has 5 heteroatoms. The van der Waals surface area contributed by atoms with Gasteiger partial charge in [-0.25, -0.2) is 0 Å². The van der Waals surface area contributed by atoms with Crippen molar-refractivity contribution >= 4 is 5.78 Å². The molecule has 1 rings (SSSR count). The van der Waals surface area contributed by atoms with Crippen LogP contribution in [0.1, 0.15) is 150 Å². The first-order valence-corrected chi connectivity index (χ1v) is 16.9. The van der Waals surface area contributed by atoms with Crippen molar-refractivity contribution in [3.05, 3.63) is 0 Å². The van der Waals surface area contributed by atoms with E-state index in [0.717, 1.165) is 58.6 Å². The number of unbranched alkanes of at least 4 members (excludes halogenated alkanes) is 15. The van der Waals surface area contributed by atoms with Gasteiger partial charge in [0.05, 0.1) is 5.60 Å². The normalized spacial score (nSPS) is 15.0. The molecule has 234 valence electrons. The molecular formula is C34H70N2O3. The summed E-state index contributed by atoms with van der Waals surface area (Å²) in [6.07, 6.45) is 23.9. The highest BCUT2D eigenvalue weighted by molar-refractivity contribution is 5.80. The number of aliphatic hydroxyl groups excluding tert-OH is 1. The molecule has 1 aliphatic rings. The van der Waals surface area contributed by atoms with Gasteiger partial charge in [0.2, 0.25) is 0 Å². The van der Waals surface area contributed by atoms with Gasteiger partial charge in [-0.1, -0.05) is 117 Å². The van der Waals surface area contributed by atoms with Gasteiger partial charge in [-0.2, -0.15) is 0 Å². The average Bonchev–Trinajstić information content (AvgIpc) is 2.90. The summed E-state index contributed by atoms with van der Waals surface area (Å²) in [4.78, 5) is 16.1. The molecule has 0 aromatic heterocycles. The van der Waals surface area contributed by atoms with E-state index in [0.29, 0.717) is 5.78 Å². The summed E-state index contributed by atoms with van der Waals surface area (Å²) in [5.74, 6) is 0.589. The lowest BCUT2D eigenvalue weighted by atomic mass is 10.0. The molecule has 0 saturated carbocycles. The van der Waals surface area contributed by atoms with Gasteiger partial charge in [-0.3, -0.25) is 4.79 Å². The van der Waals surface area contributed by atoms with Gasteiger partial charge in [0.25, 0.3) is 0 Å². The molecule has 0 atom stereocenters. The van der Waals surface area contributed by atoms with Crippen LogP contribution < -0.4 is 0 Å². The maximum atomic E-state index is 11.4. The first-order chi connectivity index (χ1) is 18.7. The Hall–Kier alpha value is -0.490. The lowest BCUT2D eigenvalue weighted by molar-refractivity contribution is -0.122. The second kappa shape index (κ2) is 26.4. The SMILES string of the molecule is CC(C)C(=O)CCN1CCN(C)CC1.CCCCCCCCCCCCCCCCCCOC(C)(C)CCO. The molecule has 0 aromatic rings. The highest BCUT2D eigenvalue weighted by Gasteiger charge is 2.17. The van der Waals surface area contributed by atoms with Gasteiger partial charge < -0.3 is 19.6 Å². The zero-order valence-corrected chi connectivity index (χ0v) is 27.4. The number of Topliss-reactive ketones (excluding diaryl/α,β-unsaturated/α-hetero) is 1. The van der Waals surface area contributed by atoms with Crippen LogP contribution in [0.15, 0.2) is 0 Å². The van der Waals surface area contributed by atoms with Crippen LogP contribution in [0.2, 0.25) is 0 Å². The molecule has 1 N–H and O–H groups in total. The molecule has 1 aliphatic heterocycles. The minimum absolute atomic E-state index is 0.162. The van der Waals surface area contributed by atoms with Crippen molar-refractivity contribution in [3.63, 3.8) is 0 Å². The van der Waals surface area contributed by atoms with E-state index in [1.807, 2.05) is 13.8 Å². The number of hydrogen-bond acceptors (Lipinski definition) is 5. The van der Waals surface area contributed by atoms with Crippen molar-refractivity contribution in [2.45, 2.75) is 156 Å². The van der Waals surface area contributed by atoms with E-state index < -0.39 is 0 Å². The number of ether oxygens (including phenoxy) is 1. The Kier molecular flexibility index (Phi) is 26.1. The van der Waals surface area contributed by atoms with Gasteiger partial charge in [0, 0.05) is 58.3 Å². The van der Waals surface area contributed by atoms with E-state index in [-0.39, 0.29) is 18.1 Å². The van der Waals surface area contributed by atoms with Crippen LogP contribution >= 0.6 is 0 Å². The monoisotopic (exact) mass is 555 g/mol. The summed E-state index contributed by atoms with van der Waals surface area (Å²) in [7, 11) is 2.15. The molecule has 0 radical (unpaired) electrons. The standard InChI is InChI=1S/C23H48O2.C11H22N2O/c1-4-5-6-7-8-9-10-11-12-13-14-15-16-17-18-19-22-25-23(2,3)20-21-24;1-10(2)11(14)4-5-13-8-6-12(3)7-9-13/h24H,4-22H2,1-3H3;10H,4-9H2,1-3H3. The Labute approximate surface area is 244 Å². The highest BCUT2D eigenvalue weighted by Crippen LogP contribution is 2.16. The van der Waals surface area contributed by atoms with Gasteiger partial charge in [-0.15, -0.1) is 0 Å². The van der Waals surface area contributed by atoms with E-state index in [2.05, 4.69) is 37.6 Å². The smallest absolute Gasteiger partial charge is 0.136 e. The molecule has 39 heavy (non-hydrogen) atoms. The number of aliphatic hydroxyl groups is 1. The third-order valence-corrected chi connectivity index (χ3v) is 8.12. The molecule has 1 heterocycles. The second-order valence-corrected chi connectivity index (χ2v) is 12.9. The summed E-state index contributed by atoms with van der Waals surface area (Å²) < 4.78 is 5.83. The van der Waals surface area contributed by atoms with Crippen LogP contribution in [-0.2, 0) is 9.53 Å². The van der Waals surface area contributed by atoms with Gasteiger partial charge in [-0.05, 0) is 33.7 Å². The van der Waals surface area contributed by atoms with E-state index in [1.54, 1.807) is 0 Å². The number of carbonyl (C=O) groups is 1. The Morgan fingerprint density at radius 3 is 1.62 bits per heavy atom. The number of nitrogens with zero attached hydrogens (tertiary/aromatic N) is 2. The molecule has 5 nitrogen and oxygen atoms in total. The Morgan fingerprint density at radius 1 is 0.769 bits per heavy atom. The van der Waals surface area contributed by atoms with Crippen LogP contribution in [0.3, 0.4) is 0 Å². The minimum Gasteiger partial charge on any atom is -0.396 e. The summed E-state index contributed by atoms with van der Waals surface area (Å²) in [5.41, 5.74) is -0.162. The maximum Gasteiger partial charge on any atom is 0.136 e. The van der Waals surface area contributed by atoms with Crippen LogP contribution in [0.25, 0.3) is 0 Å². The lowest BCUT2D eigenvalue weighted by Crippen LogP contribution is -2.45. The fourth-order valence-corrected chi connectivity index (χ4v) is 4.97. The Morgan fingerprint density at radius 2 is 1.21 bits per heavy atom. The van der Waals surface area contributed by atoms with Gasteiger partial charge in [0.15, 0.2) is 0 Å². The van der Waals surface area contributed by atoms with Gasteiger partial charge in [0.1, 0.15) is 5.78 Å². The summed E-state index contributed by atoms with van der Waals surface area (Å²) in [5, 5.41) is 8.97. The van der Waals surface area contributed by atoms with E-state index >= 15 is 0 Å². The van der Waals surface area contributed by atoms with Crippen molar-refractivity contribution in [2.75, 3.05) is 53.0 Å². The van der Waals surface area contributed by atoms with E-state index in [1.165, 1.54) is 96.3 Å². The third kappa shape index (κ3) is 26.2. The molecule has 1 saturated heterocycles. The number of hydrogen-bond donors (Lipinski definition) is 1. The minimum atomic E-state index is -0.162. The number of piperazine rings is 1. The molecule has 0 bridgehead atoms. The number of rotatable bonds is 24. The first kappa shape index (κ1) is 38.5. The molecule has 0 amide bonds. The highest BCUT2D eigenvalue weighted by atomic mass is 16.5. The number of likely N-dealkylation sites (N-methyl/N-ethyl adjacent to an activating group) is 1. The van der Waals surface area contributed by atoms with Crippen LogP contribution in [0.4, 0.5) is 0 Å². The molecule has 0 aliphatic carbocycles. The predicted molar refractivity (Wildman–Crippen MR) is 170 cm³/mol. The summed E-state index contributed by atoms with van der Waals surface area (Å²) >= 11 is 0. The zero-order chi connectivity index (χ0) is 29.2. The Bertz CT molecular complexity index is 531. The van der Waals surface area contributed by atoms with E-state index in [4.69, 9.17) is 9.84 Å². The first-order valence-electron chi connectivity index (χ1n) is 16.9. The van der Waals surface area contributed by atoms with Gasteiger partial charge >= 0.3 is 0 Å². The van der Waals surface area contributed by atoms with Crippen molar-refractivity contribution in [2.24, 2.45) is 5.92 Å². The fourth-order valence-electron chi connectivity index (χ4n) is 4.97. The second-order valence-electron chi connectivity index (χ2n) is 12.9. The maximum absolute atomic E-state index is 11.4. The topological polar surface area (TPSA) is 53.0 Å². The summed E-state index contributed by atoms with van der Waals surface area (Å²) in [6.45, 7) is 16.9. The quantitative estimate of drug-likeness (QED) is 0.122. The average molecular weight is 555 g/mol. The van der Waals surface area contributed by atoms with Crippen molar-refractivity contribution < 1.29 is 14.6 Å². The van der Waals surface area contributed by atoms with Crippen LogP contribution in [0, 0.1) is 5.92 Å². The number of carbonyl (C=O) groups excluding carboxylic acids is 1. The molecule has 1 fully saturated rings. The zero-order valence-electron chi connectivity index (χ0n) is 27.4. The van der Waals surface area contributed by atoms with Crippen molar-refractivity contribution in [1.29, 1.82) is 0 Å². The fraction of sp³-hybridized carbons (Fsp3) is 0.971. The number of ketones is 1. The Balaban J connectivity index is 0.000000864. The molecule has 0 spiro atoms. The molecule has 0 aromatic carbocycles. The largest absolute Gasteiger partial charge is 0.396 e. The van der Waals surface area contributed by atoms with Crippen LogP contribution in [-0.4, -0.2) is 79.3 Å². The van der Waals surface area contributed by atoms with Crippen molar-refractivity contribution in [1.82, 2.24) is 9.80 Å². The van der Waals surface area contributed by atoms with E-state index in [9.17, 15) is 4.79 Å². The predicted octanol–water partition coefficient (Wildman–Crippen LogP) is 8.27. The molecule has 0 unspecified atom stereocenters. The summed E-state index contributed by atoms with van der Waals surface area (Å²) in [6, 6.07) is 0. The lowest BCUT2D eigenvalue weighted by Gasteiger charge is -2.32. The van der Waals surface area contributed by atoms with Crippen LogP contribution in [0.5, 0.6) is 0 Å². The molecular weight excluding hydrogens is 484 g/mol. The third-order valence-electron chi connectivity index (χ3n) is 8.12. The van der Waals surface area contributed by atoms with Crippen molar-refractivity contribution in [3.8, 4) is 0 Å².